The lowest BCUT2D eigenvalue weighted by molar-refractivity contribution is -0.384. The van der Waals surface area contributed by atoms with E-state index in [-0.39, 0.29) is 23.8 Å². The van der Waals surface area contributed by atoms with E-state index in [4.69, 9.17) is 0 Å². The number of hydrogen-bond acceptors (Lipinski definition) is 5. The average molecular weight is 293 g/mol. The first-order valence-corrected chi connectivity index (χ1v) is 6.92. The Labute approximate surface area is 122 Å². The van der Waals surface area contributed by atoms with Crippen molar-refractivity contribution in [3.8, 4) is 0 Å². The molecule has 114 valence electrons. The first kappa shape index (κ1) is 15.2. The molecular formula is C14H19N3O4. The van der Waals surface area contributed by atoms with E-state index in [1.165, 1.54) is 25.2 Å². The largest absolute Gasteiger partial charge is 0.388 e. The Morgan fingerprint density at radius 2 is 2.10 bits per heavy atom. The van der Waals surface area contributed by atoms with E-state index in [1.54, 1.807) is 0 Å². The van der Waals surface area contributed by atoms with Gasteiger partial charge in [-0.15, -0.1) is 0 Å². The van der Waals surface area contributed by atoms with Crippen LogP contribution in [0.25, 0.3) is 0 Å². The van der Waals surface area contributed by atoms with Crippen LogP contribution in [0.15, 0.2) is 18.2 Å². The van der Waals surface area contributed by atoms with Crippen molar-refractivity contribution in [2.75, 3.05) is 18.9 Å². The summed E-state index contributed by atoms with van der Waals surface area (Å²) in [5, 5.41) is 26.7. The summed E-state index contributed by atoms with van der Waals surface area (Å²) in [7, 11) is 1.50. The Morgan fingerprint density at radius 3 is 2.67 bits per heavy atom. The molecule has 3 N–H and O–H groups in total. The van der Waals surface area contributed by atoms with Gasteiger partial charge in [-0.3, -0.25) is 14.9 Å². The molecule has 0 aromatic heterocycles. The normalized spacial score (nSPS) is 16.5. The molecule has 0 unspecified atom stereocenters. The van der Waals surface area contributed by atoms with Crippen LogP contribution in [0.2, 0.25) is 0 Å². The fourth-order valence-corrected chi connectivity index (χ4v) is 2.59. The number of carbonyl (C=O) groups excluding carboxylic acids is 1. The summed E-state index contributed by atoms with van der Waals surface area (Å²) in [6.45, 7) is 0.241. The van der Waals surface area contributed by atoms with Gasteiger partial charge in [-0.05, 0) is 25.0 Å². The number of aliphatic hydroxyl groups is 1. The fraction of sp³-hybridized carbons (Fsp3) is 0.500. The van der Waals surface area contributed by atoms with E-state index in [0.29, 0.717) is 18.4 Å². The van der Waals surface area contributed by atoms with Crippen LogP contribution in [-0.2, 0) is 0 Å². The zero-order chi connectivity index (χ0) is 15.5. The minimum Gasteiger partial charge on any atom is -0.388 e. The van der Waals surface area contributed by atoms with Gasteiger partial charge in [0.05, 0.1) is 10.5 Å². The van der Waals surface area contributed by atoms with Crippen LogP contribution in [0.3, 0.4) is 0 Å². The van der Waals surface area contributed by atoms with Crippen molar-refractivity contribution in [1.29, 1.82) is 0 Å². The summed E-state index contributed by atoms with van der Waals surface area (Å²) >= 11 is 0. The first-order valence-electron chi connectivity index (χ1n) is 6.92. The molecule has 1 aliphatic rings. The second-order valence-electron chi connectivity index (χ2n) is 5.35. The molecule has 7 heteroatoms. The number of amides is 1. The minimum atomic E-state index is -0.823. The Balaban J connectivity index is 2.22. The van der Waals surface area contributed by atoms with Crippen LogP contribution in [0.4, 0.5) is 11.4 Å². The van der Waals surface area contributed by atoms with Gasteiger partial charge in [-0.1, -0.05) is 12.8 Å². The third-order valence-corrected chi connectivity index (χ3v) is 3.82. The van der Waals surface area contributed by atoms with Crippen molar-refractivity contribution in [1.82, 2.24) is 5.32 Å². The number of anilines is 1. The molecule has 1 aromatic carbocycles. The standard InChI is InChI=1S/C14H19N3O4/c1-15-13(18)10-4-5-12(17(20)21)11(8-10)16-9-14(19)6-2-3-7-14/h4-5,8,16,19H,2-3,6-7,9H2,1H3,(H,15,18). The predicted octanol–water partition coefficient (Wildman–Crippen LogP) is 1.67. The van der Waals surface area contributed by atoms with Crippen molar-refractivity contribution in [3.63, 3.8) is 0 Å². The fourth-order valence-electron chi connectivity index (χ4n) is 2.59. The number of rotatable bonds is 5. The number of nitrogens with one attached hydrogen (secondary N) is 2. The minimum absolute atomic E-state index is 0.107. The van der Waals surface area contributed by atoms with Crippen molar-refractivity contribution < 1.29 is 14.8 Å². The van der Waals surface area contributed by atoms with Crippen molar-refractivity contribution >= 4 is 17.3 Å². The quantitative estimate of drug-likeness (QED) is 0.566. The molecule has 2 rings (SSSR count). The van der Waals surface area contributed by atoms with Crippen LogP contribution in [0.1, 0.15) is 36.0 Å². The molecule has 1 saturated carbocycles. The summed E-state index contributed by atoms with van der Waals surface area (Å²) in [6.07, 6.45) is 3.28. The molecule has 0 bridgehead atoms. The summed E-state index contributed by atoms with van der Waals surface area (Å²) in [5.74, 6) is -0.312. The van der Waals surface area contributed by atoms with Gasteiger partial charge in [0.15, 0.2) is 0 Å². The molecule has 1 aromatic rings. The number of nitrogens with zero attached hydrogens (tertiary/aromatic N) is 1. The van der Waals surface area contributed by atoms with Crippen molar-refractivity contribution in [2.24, 2.45) is 0 Å². The van der Waals surface area contributed by atoms with Crippen molar-refractivity contribution in [3.05, 3.63) is 33.9 Å². The Morgan fingerprint density at radius 1 is 1.43 bits per heavy atom. The molecule has 1 amide bonds. The van der Waals surface area contributed by atoms with Gasteiger partial charge >= 0.3 is 0 Å². The van der Waals surface area contributed by atoms with Crippen molar-refractivity contribution in [2.45, 2.75) is 31.3 Å². The molecule has 0 heterocycles. The number of nitro groups is 1. The predicted molar refractivity (Wildman–Crippen MR) is 78.4 cm³/mol. The summed E-state index contributed by atoms with van der Waals surface area (Å²) in [5.41, 5.74) is -0.341. The van der Waals surface area contributed by atoms with Crippen LogP contribution in [-0.4, -0.2) is 35.1 Å². The van der Waals surface area contributed by atoms with Gasteiger partial charge in [0.2, 0.25) is 0 Å². The van der Waals surface area contributed by atoms with Crippen LogP contribution in [0, 0.1) is 10.1 Å². The Bertz CT molecular complexity index is 553. The molecule has 7 nitrogen and oxygen atoms in total. The smallest absolute Gasteiger partial charge is 0.292 e. The first-order chi connectivity index (χ1) is 9.95. The number of hydrogen-bond donors (Lipinski definition) is 3. The molecule has 0 spiro atoms. The molecule has 0 atom stereocenters. The topological polar surface area (TPSA) is 104 Å². The number of carbonyl (C=O) groups is 1. The van der Waals surface area contributed by atoms with E-state index >= 15 is 0 Å². The molecule has 21 heavy (non-hydrogen) atoms. The van der Waals surface area contributed by atoms with Gasteiger partial charge in [0.1, 0.15) is 5.69 Å². The van der Waals surface area contributed by atoms with E-state index in [0.717, 1.165) is 12.8 Å². The highest BCUT2D eigenvalue weighted by Gasteiger charge is 2.31. The Hall–Kier alpha value is -2.15. The van der Waals surface area contributed by atoms with Gasteiger partial charge in [-0.2, -0.15) is 0 Å². The third-order valence-electron chi connectivity index (χ3n) is 3.82. The van der Waals surface area contributed by atoms with Gasteiger partial charge in [0, 0.05) is 25.2 Å². The second kappa shape index (κ2) is 6.09. The zero-order valence-electron chi connectivity index (χ0n) is 11.9. The van der Waals surface area contributed by atoms with E-state index in [1.807, 2.05) is 0 Å². The molecule has 1 aliphatic carbocycles. The highest BCUT2D eigenvalue weighted by Crippen LogP contribution is 2.31. The average Bonchev–Trinajstić information content (AvgIpc) is 2.91. The van der Waals surface area contributed by atoms with Crippen LogP contribution < -0.4 is 10.6 Å². The summed E-state index contributed by atoms with van der Waals surface area (Å²) < 4.78 is 0. The van der Waals surface area contributed by atoms with E-state index in [9.17, 15) is 20.0 Å². The van der Waals surface area contributed by atoms with E-state index in [2.05, 4.69) is 10.6 Å². The lowest BCUT2D eigenvalue weighted by Gasteiger charge is -2.23. The van der Waals surface area contributed by atoms with Gasteiger partial charge < -0.3 is 15.7 Å². The maximum Gasteiger partial charge on any atom is 0.292 e. The van der Waals surface area contributed by atoms with Crippen LogP contribution >= 0.6 is 0 Å². The Kier molecular flexibility index (Phi) is 4.42. The monoisotopic (exact) mass is 293 g/mol. The molecule has 0 radical (unpaired) electrons. The van der Waals surface area contributed by atoms with Gasteiger partial charge in [0.25, 0.3) is 11.6 Å². The maximum atomic E-state index is 11.6. The maximum absolute atomic E-state index is 11.6. The zero-order valence-corrected chi connectivity index (χ0v) is 11.9. The third kappa shape index (κ3) is 3.49. The lowest BCUT2D eigenvalue weighted by Crippen LogP contribution is -2.33. The lowest BCUT2D eigenvalue weighted by atomic mass is 10.0. The van der Waals surface area contributed by atoms with E-state index < -0.39 is 10.5 Å². The highest BCUT2D eigenvalue weighted by atomic mass is 16.6. The molecular weight excluding hydrogens is 274 g/mol. The van der Waals surface area contributed by atoms with Gasteiger partial charge in [-0.25, -0.2) is 0 Å². The highest BCUT2D eigenvalue weighted by molar-refractivity contribution is 5.95. The second-order valence-corrected chi connectivity index (χ2v) is 5.35. The molecule has 0 aliphatic heterocycles. The molecule has 0 saturated heterocycles. The summed E-state index contributed by atoms with van der Waals surface area (Å²) in [6, 6.07) is 4.15. The summed E-state index contributed by atoms with van der Waals surface area (Å²) in [4.78, 5) is 22.2. The molecule has 1 fully saturated rings. The SMILES string of the molecule is CNC(=O)c1ccc([N+](=O)[O-])c(NCC2(O)CCCC2)c1. The van der Waals surface area contributed by atoms with Crippen LogP contribution in [0.5, 0.6) is 0 Å². The number of nitro benzene ring substituents is 1. The number of benzene rings is 1.